The van der Waals surface area contributed by atoms with E-state index >= 15 is 0 Å². The van der Waals surface area contributed by atoms with Gasteiger partial charge < -0.3 is 19.1 Å². The van der Waals surface area contributed by atoms with Gasteiger partial charge >= 0.3 is 12.1 Å². The van der Waals surface area contributed by atoms with Crippen LogP contribution in [0.2, 0.25) is 0 Å². The van der Waals surface area contributed by atoms with Gasteiger partial charge in [0.1, 0.15) is 17.8 Å². The molecule has 1 amide bonds. The number of carbonyl (C=O) groups is 2. The number of nitrogens with zero attached hydrogens (tertiary/aromatic N) is 1. The van der Waals surface area contributed by atoms with E-state index in [9.17, 15) is 18.4 Å². The van der Waals surface area contributed by atoms with Gasteiger partial charge in [-0.2, -0.15) is 0 Å². The fourth-order valence-electron chi connectivity index (χ4n) is 2.46. The first-order chi connectivity index (χ1) is 11.2. The molecule has 1 unspecified atom stereocenters. The summed E-state index contributed by atoms with van der Waals surface area (Å²) in [5.74, 6) is -4.16. The van der Waals surface area contributed by atoms with E-state index in [0.717, 1.165) is 4.90 Å². The highest BCUT2D eigenvalue weighted by molar-refractivity contribution is 5.71. The number of halogens is 2. The lowest BCUT2D eigenvalue weighted by Gasteiger charge is -2.38. The first-order valence-corrected chi connectivity index (χ1v) is 8.32. The third-order valence-electron chi connectivity index (χ3n) is 3.13. The molecule has 8 heteroatoms. The number of hydrogen-bond acceptors (Lipinski definition) is 5. The van der Waals surface area contributed by atoms with Crippen LogP contribution >= 0.6 is 0 Å². The van der Waals surface area contributed by atoms with Crippen molar-refractivity contribution in [2.45, 2.75) is 65.1 Å². The van der Waals surface area contributed by atoms with Crippen LogP contribution in [0.4, 0.5) is 13.6 Å². The van der Waals surface area contributed by atoms with Crippen LogP contribution in [0.1, 0.15) is 48.0 Å². The summed E-state index contributed by atoms with van der Waals surface area (Å²) in [6.45, 7) is 9.25. The van der Waals surface area contributed by atoms with Crippen molar-refractivity contribution < 1.29 is 32.6 Å². The van der Waals surface area contributed by atoms with E-state index in [-0.39, 0.29) is 19.8 Å². The summed E-state index contributed by atoms with van der Waals surface area (Å²) in [6.07, 6.45) is -1.18. The Morgan fingerprint density at radius 2 is 1.64 bits per heavy atom. The second kappa shape index (κ2) is 7.85. The summed E-state index contributed by atoms with van der Waals surface area (Å²) in [5.41, 5.74) is -1.39. The zero-order chi connectivity index (χ0) is 19.5. The molecule has 0 N–H and O–H groups in total. The minimum absolute atomic E-state index is 0.0614. The van der Waals surface area contributed by atoms with E-state index in [0.29, 0.717) is 0 Å². The number of esters is 1. The van der Waals surface area contributed by atoms with E-state index in [4.69, 9.17) is 14.2 Å². The van der Waals surface area contributed by atoms with Gasteiger partial charge in [-0.3, -0.25) is 0 Å². The third kappa shape index (κ3) is 9.00. The van der Waals surface area contributed by atoms with Gasteiger partial charge in [-0.25, -0.2) is 18.4 Å². The number of carbonyl (C=O) groups excluding carboxylic acids is 2. The molecule has 0 bridgehead atoms. The van der Waals surface area contributed by atoms with Crippen molar-refractivity contribution in [1.82, 2.24) is 4.90 Å². The van der Waals surface area contributed by atoms with Crippen molar-refractivity contribution in [3.8, 4) is 0 Å². The molecular weight excluding hydrogens is 336 g/mol. The van der Waals surface area contributed by atoms with Gasteiger partial charge in [-0.15, -0.1) is 0 Å². The summed E-state index contributed by atoms with van der Waals surface area (Å²) in [5, 5.41) is 0. The maximum Gasteiger partial charge on any atom is 0.410 e. The smallest absolute Gasteiger partial charge is 0.410 e. The molecule has 1 fully saturated rings. The molecule has 0 aromatic rings. The van der Waals surface area contributed by atoms with Gasteiger partial charge in [0.05, 0.1) is 13.2 Å². The lowest BCUT2D eigenvalue weighted by molar-refractivity contribution is -0.161. The predicted octanol–water partition coefficient (Wildman–Crippen LogP) is 3.24. The molecule has 25 heavy (non-hydrogen) atoms. The van der Waals surface area contributed by atoms with E-state index in [2.05, 4.69) is 0 Å². The Hall–Kier alpha value is -1.44. The molecular formula is C17H29F2NO5. The summed E-state index contributed by atoms with van der Waals surface area (Å²) < 4.78 is 43.3. The Balaban J connectivity index is 2.54. The summed E-state index contributed by atoms with van der Waals surface area (Å²) >= 11 is 0. The third-order valence-corrected chi connectivity index (χ3v) is 3.13. The monoisotopic (exact) mass is 365 g/mol. The van der Waals surface area contributed by atoms with Crippen molar-refractivity contribution in [3.63, 3.8) is 0 Å². The quantitative estimate of drug-likeness (QED) is 0.716. The second-order valence-corrected chi connectivity index (χ2v) is 8.39. The van der Waals surface area contributed by atoms with E-state index < -0.39 is 48.1 Å². The topological polar surface area (TPSA) is 65.1 Å². The van der Waals surface area contributed by atoms with Crippen LogP contribution in [0.15, 0.2) is 0 Å². The summed E-state index contributed by atoms with van der Waals surface area (Å²) in [7, 11) is 0. The lowest BCUT2D eigenvalue weighted by atomic mass is 9.96. The first-order valence-electron chi connectivity index (χ1n) is 8.32. The summed E-state index contributed by atoms with van der Waals surface area (Å²) in [6, 6.07) is 0. The van der Waals surface area contributed by atoms with Gasteiger partial charge in [-0.1, -0.05) is 0 Å². The normalized spacial score (nSPS) is 21.0. The van der Waals surface area contributed by atoms with Gasteiger partial charge in [0.2, 0.25) is 0 Å². The van der Waals surface area contributed by atoms with Crippen molar-refractivity contribution in [2.24, 2.45) is 5.92 Å². The van der Waals surface area contributed by atoms with Crippen LogP contribution in [0.25, 0.3) is 0 Å². The average Bonchev–Trinajstić information content (AvgIpc) is 2.32. The predicted molar refractivity (Wildman–Crippen MR) is 87.5 cm³/mol. The zero-order valence-electron chi connectivity index (χ0n) is 15.9. The lowest BCUT2D eigenvalue weighted by Crippen LogP contribution is -2.51. The number of piperidine rings is 1. The molecule has 1 atom stereocenters. The average molecular weight is 365 g/mol. The van der Waals surface area contributed by atoms with Crippen LogP contribution in [-0.4, -0.2) is 60.4 Å². The van der Waals surface area contributed by atoms with Crippen molar-refractivity contribution in [3.05, 3.63) is 0 Å². The minimum Gasteiger partial charge on any atom is -0.458 e. The molecule has 146 valence electrons. The van der Waals surface area contributed by atoms with Crippen LogP contribution in [-0.2, 0) is 19.0 Å². The molecule has 1 heterocycles. The minimum atomic E-state index is -3.02. The van der Waals surface area contributed by atoms with Gasteiger partial charge in [0, 0.05) is 18.9 Å². The molecule has 1 saturated heterocycles. The molecule has 0 spiro atoms. The largest absolute Gasteiger partial charge is 0.458 e. The number of hydrogen-bond donors (Lipinski definition) is 0. The van der Waals surface area contributed by atoms with Crippen molar-refractivity contribution >= 4 is 12.1 Å². The molecule has 6 nitrogen and oxygen atoms in total. The fourth-order valence-corrected chi connectivity index (χ4v) is 2.46. The summed E-state index contributed by atoms with van der Waals surface area (Å²) in [4.78, 5) is 24.6. The molecule has 0 radical (unpaired) electrons. The van der Waals surface area contributed by atoms with Crippen LogP contribution in [0.3, 0.4) is 0 Å². The number of likely N-dealkylation sites (tertiary alicyclic amines) is 1. The number of amides is 1. The highest BCUT2D eigenvalue weighted by atomic mass is 19.3. The van der Waals surface area contributed by atoms with Gasteiger partial charge in [-0.05, 0) is 41.5 Å². The van der Waals surface area contributed by atoms with E-state index in [1.54, 1.807) is 41.5 Å². The maximum absolute atomic E-state index is 13.9. The highest BCUT2D eigenvalue weighted by Crippen LogP contribution is 2.31. The van der Waals surface area contributed by atoms with E-state index in [1.165, 1.54) is 0 Å². The highest BCUT2D eigenvalue weighted by Gasteiger charge is 2.43. The zero-order valence-corrected chi connectivity index (χ0v) is 15.9. The SMILES string of the molecule is CC(C)(C)OC(=O)COCC1CN(C(=O)OC(C)(C)C)CC(F)(F)C1. The van der Waals surface area contributed by atoms with Crippen molar-refractivity contribution in [2.75, 3.05) is 26.3 Å². The standard InChI is InChI=1S/C17H29F2NO5/c1-15(2,3)24-13(21)10-23-9-12-7-17(18,19)11-20(8-12)14(22)25-16(4,5)6/h12H,7-11H2,1-6H3. The molecule has 0 aromatic heterocycles. The van der Waals surface area contributed by atoms with Gasteiger partial charge in [0.25, 0.3) is 5.92 Å². The number of ether oxygens (including phenoxy) is 3. The molecule has 0 aromatic carbocycles. The Bertz CT molecular complexity index is 482. The van der Waals surface area contributed by atoms with E-state index in [1.807, 2.05) is 0 Å². The number of rotatable bonds is 4. The Morgan fingerprint density at radius 3 is 2.16 bits per heavy atom. The number of alkyl halides is 2. The van der Waals surface area contributed by atoms with Crippen LogP contribution in [0.5, 0.6) is 0 Å². The second-order valence-electron chi connectivity index (χ2n) is 8.39. The molecule has 0 aliphatic carbocycles. The molecule has 0 saturated carbocycles. The van der Waals surface area contributed by atoms with Crippen LogP contribution < -0.4 is 0 Å². The Morgan fingerprint density at radius 1 is 1.08 bits per heavy atom. The first kappa shape index (κ1) is 21.6. The van der Waals surface area contributed by atoms with Crippen LogP contribution in [0, 0.1) is 5.92 Å². The van der Waals surface area contributed by atoms with Gasteiger partial charge in [0.15, 0.2) is 0 Å². The van der Waals surface area contributed by atoms with Crippen molar-refractivity contribution in [1.29, 1.82) is 0 Å². The Labute approximate surface area is 147 Å². The fraction of sp³-hybridized carbons (Fsp3) is 0.882. The molecule has 1 aliphatic rings. The molecule has 1 rings (SSSR count). The maximum atomic E-state index is 13.9. The Kier molecular flexibility index (Phi) is 6.78. The molecule has 1 aliphatic heterocycles.